The van der Waals surface area contributed by atoms with Crippen LogP contribution in [0.4, 0.5) is 5.69 Å². The molecule has 0 heterocycles. The first-order valence-electron chi connectivity index (χ1n) is 6.83. The summed E-state index contributed by atoms with van der Waals surface area (Å²) in [5.41, 5.74) is 3.25. The summed E-state index contributed by atoms with van der Waals surface area (Å²) in [6.07, 6.45) is -0.518. The summed E-state index contributed by atoms with van der Waals surface area (Å²) < 4.78 is 0.982. The minimum atomic E-state index is -0.518. The van der Waals surface area contributed by atoms with Crippen molar-refractivity contribution in [3.05, 3.63) is 64.1 Å². The van der Waals surface area contributed by atoms with Crippen molar-refractivity contribution in [2.24, 2.45) is 0 Å². The molecule has 0 aliphatic carbocycles. The van der Waals surface area contributed by atoms with Crippen LogP contribution in [0.15, 0.2) is 53.0 Å². The van der Waals surface area contributed by atoms with E-state index in [-0.39, 0.29) is 0 Å². The second kappa shape index (κ2) is 6.91. The molecule has 2 aromatic carbocycles. The highest BCUT2D eigenvalue weighted by Crippen LogP contribution is 2.21. The second-order valence-corrected chi connectivity index (χ2v) is 6.15. The number of benzene rings is 2. The van der Waals surface area contributed by atoms with Gasteiger partial charge >= 0.3 is 0 Å². The topological polar surface area (TPSA) is 32.3 Å². The number of aliphatic hydroxyl groups excluding tert-OH is 1. The average molecular weight is 334 g/mol. The quantitative estimate of drug-likeness (QED) is 0.829. The molecule has 2 rings (SSSR count). The molecule has 0 aliphatic heterocycles. The van der Waals surface area contributed by atoms with Gasteiger partial charge in [-0.25, -0.2) is 0 Å². The highest BCUT2D eigenvalue weighted by atomic mass is 79.9. The van der Waals surface area contributed by atoms with Crippen molar-refractivity contribution in [3.63, 3.8) is 0 Å². The minimum Gasteiger partial charge on any atom is -0.387 e. The van der Waals surface area contributed by atoms with Gasteiger partial charge in [-0.15, -0.1) is 0 Å². The summed E-state index contributed by atoms with van der Waals surface area (Å²) >= 11 is 3.42. The molecule has 1 unspecified atom stereocenters. The summed E-state index contributed by atoms with van der Waals surface area (Å²) in [5, 5.41) is 13.5. The number of hydrogen-bond donors (Lipinski definition) is 2. The van der Waals surface area contributed by atoms with Crippen LogP contribution in [-0.2, 0) is 0 Å². The molecule has 2 nitrogen and oxygen atoms in total. The van der Waals surface area contributed by atoms with Crippen LogP contribution in [0.2, 0.25) is 0 Å². The fraction of sp³-hybridized carbons (Fsp3) is 0.294. The van der Waals surface area contributed by atoms with Crippen LogP contribution >= 0.6 is 15.9 Å². The molecule has 0 fully saturated rings. The Bertz CT molecular complexity index is 568. The van der Waals surface area contributed by atoms with Gasteiger partial charge in [-0.05, 0) is 41.3 Å². The molecule has 0 aliphatic rings. The molecule has 1 atom stereocenters. The summed E-state index contributed by atoms with van der Waals surface area (Å²) in [5.74, 6) is 0.506. The van der Waals surface area contributed by atoms with Crippen LogP contribution < -0.4 is 5.32 Å². The van der Waals surface area contributed by atoms with Crippen molar-refractivity contribution in [2.45, 2.75) is 25.9 Å². The molecular weight excluding hydrogens is 314 g/mol. The van der Waals surface area contributed by atoms with Crippen molar-refractivity contribution in [1.29, 1.82) is 0 Å². The van der Waals surface area contributed by atoms with Crippen molar-refractivity contribution in [1.82, 2.24) is 0 Å². The van der Waals surface area contributed by atoms with E-state index in [9.17, 15) is 5.11 Å². The van der Waals surface area contributed by atoms with Crippen molar-refractivity contribution < 1.29 is 5.11 Å². The molecular formula is C17H20BrNO. The van der Waals surface area contributed by atoms with Gasteiger partial charge in [0.1, 0.15) is 0 Å². The fourth-order valence-electron chi connectivity index (χ4n) is 2.05. The maximum atomic E-state index is 10.2. The van der Waals surface area contributed by atoms with E-state index in [0.717, 1.165) is 15.7 Å². The summed E-state index contributed by atoms with van der Waals surface area (Å²) in [6.45, 7) is 4.85. The first-order chi connectivity index (χ1) is 9.56. The monoisotopic (exact) mass is 333 g/mol. The molecule has 0 saturated carbocycles. The molecule has 0 amide bonds. The maximum Gasteiger partial charge on any atom is 0.0962 e. The van der Waals surface area contributed by atoms with Crippen LogP contribution in [-0.4, -0.2) is 11.7 Å². The number of halogens is 1. The van der Waals surface area contributed by atoms with Gasteiger partial charge in [0.15, 0.2) is 0 Å². The van der Waals surface area contributed by atoms with E-state index in [1.807, 2.05) is 36.4 Å². The van der Waals surface area contributed by atoms with Gasteiger partial charge in [-0.3, -0.25) is 0 Å². The molecule has 2 aromatic rings. The number of anilines is 1. The minimum absolute atomic E-state index is 0.498. The normalized spacial score (nSPS) is 12.4. The molecule has 0 spiro atoms. The fourth-order valence-corrected chi connectivity index (χ4v) is 2.47. The van der Waals surface area contributed by atoms with Gasteiger partial charge < -0.3 is 10.4 Å². The third kappa shape index (κ3) is 4.09. The Kier molecular flexibility index (Phi) is 5.21. The highest BCUT2D eigenvalue weighted by molar-refractivity contribution is 9.10. The van der Waals surface area contributed by atoms with E-state index in [4.69, 9.17) is 0 Å². The Morgan fingerprint density at radius 1 is 1.05 bits per heavy atom. The molecule has 20 heavy (non-hydrogen) atoms. The lowest BCUT2D eigenvalue weighted by Gasteiger charge is -2.15. The Morgan fingerprint density at radius 3 is 2.45 bits per heavy atom. The van der Waals surface area contributed by atoms with Gasteiger partial charge in [-0.2, -0.15) is 0 Å². The molecule has 0 radical (unpaired) electrons. The second-order valence-electron chi connectivity index (χ2n) is 5.23. The molecule has 106 valence electrons. The summed E-state index contributed by atoms with van der Waals surface area (Å²) in [6, 6.07) is 16.1. The van der Waals surface area contributed by atoms with E-state index in [2.05, 4.69) is 47.2 Å². The third-order valence-electron chi connectivity index (χ3n) is 3.29. The largest absolute Gasteiger partial charge is 0.387 e. The van der Waals surface area contributed by atoms with E-state index >= 15 is 0 Å². The Labute approximate surface area is 129 Å². The molecule has 2 N–H and O–H groups in total. The maximum absolute atomic E-state index is 10.2. The summed E-state index contributed by atoms with van der Waals surface area (Å²) in [7, 11) is 0. The van der Waals surface area contributed by atoms with Crippen LogP contribution in [0, 0.1) is 0 Å². The first kappa shape index (κ1) is 15.1. The van der Waals surface area contributed by atoms with Gasteiger partial charge in [0, 0.05) is 16.7 Å². The SMILES string of the molecule is CC(C)c1cccc(NCC(O)c2cccc(Br)c2)c1. The van der Waals surface area contributed by atoms with Crippen molar-refractivity contribution in [2.75, 3.05) is 11.9 Å². The van der Waals surface area contributed by atoms with Gasteiger partial charge in [0.05, 0.1) is 6.10 Å². The Balaban J connectivity index is 1.99. The van der Waals surface area contributed by atoms with Crippen molar-refractivity contribution >= 4 is 21.6 Å². The number of rotatable bonds is 5. The molecule has 0 aromatic heterocycles. The summed E-state index contributed by atoms with van der Waals surface area (Å²) in [4.78, 5) is 0. The van der Waals surface area contributed by atoms with E-state index in [1.54, 1.807) is 0 Å². The number of aliphatic hydroxyl groups is 1. The lowest BCUT2D eigenvalue weighted by Crippen LogP contribution is -2.12. The van der Waals surface area contributed by atoms with E-state index < -0.39 is 6.10 Å². The third-order valence-corrected chi connectivity index (χ3v) is 3.78. The molecule has 3 heteroatoms. The first-order valence-corrected chi connectivity index (χ1v) is 7.63. The number of nitrogens with one attached hydrogen (secondary N) is 1. The zero-order chi connectivity index (χ0) is 14.5. The van der Waals surface area contributed by atoms with Crippen LogP contribution in [0.1, 0.15) is 37.0 Å². The smallest absolute Gasteiger partial charge is 0.0962 e. The zero-order valence-electron chi connectivity index (χ0n) is 11.8. The van der Waals surface area contributed by atoms with Gasteiger partial charge in [-0.1, -0.05) is 54.0 Å². The van der Waals surface area contributed by atoms with Gasteiger partial charge in [0.2, 0.25) is 0 Å². The predicted molar refractivity (Wildman–Crippen MR) is 88.1 cm³/mol. The average Bonchev–Trinajstić information content (AvgIpc) is 2.45. The van der Waals surface area contributed by atoms with Crippen molar-refractivity contribution in [3.8, 4) is 0 Å². The zero-order valence-corrected chi connectivity index (χ0v) is 13.4. The van der Waals surface area contributed by atoms with E-state index in [1.165, 1.54) is 5.56 Å². The Morgan fingerprint density at radius 2 is 1.75 bits per heavy atom. The lowest BCUT2D eigenvalue weighted by atomic mass is 10.0. The predicted octanol–water partition coefficient (Wildman–Crippen LogP) is 4.72. The molecule has 0 saturated heterocycles. The standard InChI is InChI=1S/C17H20BrNO/c1-12(2)13-5-4-8-16(10-13)19-11-17(20)14-6-3-7-15(18)9-14/h3-10,12,17,19-20H,11H2,1-2H3. The lowest BCUT2D eigenvalue weighted by molar-refractivity contribution is 0.191. The van der Waals surface area contributed by atoms with Crippen LogP contribution in [0.25, 0.3) is 0 Å². The number of hydrogen-bond acceptors (Lipinski definition) is 2. The Hall–Kier alpha value is -1.32. The molecule has 0 bridgehead atoms. The van der Waals surface area contributed by atoms with Crippen LogP contribution in [0.3, 0.4) is 0 Å². The van der Waals surface area contributed by atoms with Crippen LogP contribution in [0.5, 0.6) is 0 Å². The highest BCUT2D eigenvalue weighted by Gasteiger charge is 2.08. The van der Waals surface area contributed by atoms with E-state index in [0.29, 0.717) is 12.5 Å². The van der Waals surface area contributed by atoms with Gasteiger partial charge in [0.25, 0.3) is 0 Å².